The lowest BCUT2D eigenvalue weighted by Crippen LogP contribution is -2.06. The molecular formula is C22H17FN2O4S. The maximum absolute atomic E-state index is 13.0. The van der Waals surface area contributed by atoms with Crippen LogP contribution in [0.4, 0.5) is 4.39 Å². The highest BCUT2D eigenvalue weighted by molar-refractivity contribution is 7.09. The summed E-state index contributed by atoms with van der Waals surface area (Å²) in [5.41, 5.74) is 2.29. The van der Waals surface area contributed by atoms with Gasteiger partial charge in [0.05, 0.1) is 16.3 Å². The summed E-state index contributed by atoms with van der Waals surface area (Å²) in [5, 5.41) is 2.91. The molecule has 0 aliphatic carbocycles. The van der Waals surface area contributed by atoms with Crippen molar-refractivity contribution < 1.29 is 23.1 Å². The summed E-state index contributed by atoms with van der Waals surface area (Å²) in [7, 11) is 0. The summed E-state index contributed by atoms with van der Waals surface area (Å²) in [6.07, 6.45) is 1.40. The second kappa shape index (κ2) is 8.87. The van der Waals surface area contributed by atoms with Gasteiger partial charge in [0.25, 0.3) is 0 Å². The molecule has 0 radical (unpaired) electrons. The molecule has 152 valence electrons. The molecule has 0 fully saturated rings. The standard InChI is InChI=1S/C22H17FN2O4S/c1-14-24-19(13-30-14)12-27-20-4-2-3-16(9-20)22(26)29-11-18-10-28-21(25-18)15-5-7-17(23)8-6-15/h2-10,13H,11-12H2,1H3. The number of benzene rings is 2. The molecule has 4 rings (SSSR count). The fourth-order valence-electron chi connectivity index (χ4n) is 2.67. The quantitative estimate of drug-likeness (QED) is 0.381. The van der Waals surface area contributed by atoms with Gasteiger partial charge in [0, 0.05) is 10.9 Å². The van der Waals surface area contributed by atoms with Gasteiger partial charge in [0.1, 0.15) is 36.7 Å². The Kier molecular flexibility index (Phi) is 5.85. The highest BCUT2D eigenvalue weighted by Gasteiger charge is 2.12. The number of ether oxygens (including phenoxy) is 2. The number of oxazole rings is 1. The molecule has 0 saturated carbocycles. The Bertz CT molecular complexity index is 1150. The van der Waals surface area contributed by atoms with Gasteiger partial charge in [-0.15, -0.1) is 11.3 Å². The van der Waals surface area contributed by atoms with E-state index in [0.717, 1.165) is 10.7 Å². The summed E-state index contributed by atoms with van der Waals surface area (Å²) in [6.45, 7) is 2.21. The topological polar surface area (TPSA) is 74.5 Å². The van der Waals surface area contributed by atoms with Gasteiger partial charge in [-0.3, -0.25) is 0 Å². The summed E-state index contributed by atoms with van der Waals surface area (Å²) >= 11 is 1.56. The summed E-state index contributed by atoms with van der Waals surface area (Å²) in [5.74, 6) is 0.0347. The van der Waals surface area contributed by atoms with E-state index < -0.39 is 5.97 Å². The van der Waals surface area contributed by atoms with Crippen molar-refractivity contribution >= 4 is 17.3 Å². The number of aryl methyl sites for hydroxylation is 1. The average Bonchev–Trinajstić information content (AvgIpc) is 3.40. The molecule has 0 atom stereocenters. The predicted octanol–water partition coefficient (Wildman–Crippen LogP) is 5.18. The Morgan fingerprint density at radius 1 is 1.10 bits per heavy atom. The average molecular weight is 424 g/mol. The lowest BCUT2D eigenvalue weighted by molar-refractivity contribution is 0.0467. The zero-order valence-electron chi connectivity index (χ0n) is 16.0. The zero-order chi connectivity index (χ0) is 20.9. The van der Waals surface area contributed by atoms with Crippen molar-refractivity contribution in [2.75, 3.05) is 0 Å². The number of esters is 1. The number of hydrogen-bond acceptors (Lipinski definition) is 7. The Morgan fingerprint density at radius 3 is 2.70 bits per heavy atom. The third kappa shape index (κ3) is 4.90. The number of carbonyl (C=O) groups excluding carboxylic acids is 1. The molecule has 8 heteroatoms. The lowest BCUT2D eigenvalue weighted by Gasteiger charge is -2.07. The number of aromatic nitrogens is 2. The molecule has 0 N–H and O–H groups in total. The van der Waals surface area contributed by atoms with Gasteiger partial charge in [-0.05, 0) is 49.4 Å². The monoisotopic (exact) mass is 424 g/mol. The largest absolute Gasteiger partial charge is 0.487 e. The van der Waals surface area contributed by atoms with E-state index in [-0.39, 0.29) is 12.4 Å². The highest BCUT2D eigenvalue weighted by atomic mass is 32.1. The minimum Gasteiger partial charge on any atom is -0.487 e. The lowest BCUT2D eigenvalue weighted by atomic mass is 10.2. The number of hydrogen-bond donors (Lipinski definition) is 0. The van der Waals surface area contributed by atoms with Crippen LogP contribution in [0.5, 0.6) is 5.75 Å². The molecule has 6 nitrogen and oxygen atoms in total. The van der Waals surface area contributed by atoms with Crippen molar-refractivity contribution in [1.82, 2.24) is 9.97 Å². The molecule has 4 aromatic rings. The molecular weight excluding hydrogens is 407 g/mol. The van der Waals surface area contributed by atoms with Crippen molar-refractivity contribution in [2.24, 2.45) is 0 Å². The first-order valence-electron chi connectivity index (χ1n) is 9.08. The van der Waals surface area contributed by atoms with Gasteiger partial charge in [0.2, 0.25) is 5.89 Å². The second-order valence-electron chi connectivity index (χ2n) is 6.40. The van der Waals surface area contributed by atoms with E-state index in [1.807, 2.05) is 12.3 Å². The van der Waals surface area contributed by atoms with E-state index in [0.29, 0.717) is 35.1 Å². The van der Waals surface area contributed by atoms with Crippen LogP contribution < -0.4 is 4.74 Å². The van der Waals surface area contributed by atoms with Crippen LogP contribution in [0.2, 0.25) is 0 Å². The summed E-state index contributed by atoms with van der Waals surface area (Å²) in [4.78, 5) is 21.0. The van der Waals surface area contributed by atoms with Crippen molar-refractivity contribution in [1.29, 1.82) is 0 Å². The van der Waals surface area contributed by atoms with Crippen LogP contribution in [0, 0.1) is 12.7 Å². The van der Waals surface area contributed by atoms with Crippen LogP contribution in [0.3, 0.4) is 0 Å². The predicted molar refractivity (Wildman–Crippen MR) is 109 cm³/mol. The van der Waals surface area contributed by atoms with Crippen LogP contribution in [-0.2, 0) is 18.0 Å². The fourth-order valence-corrected chi connectivity index (χ4v) is 3.26. The van der Waals surface area contributed by atoms with E-state index >= 15 is 0 Å². The Hall–Kier alpha value is -3.52. The van der Waals surface area contributed by atoms with Crippen LogP contribution in [0.15, 0.2) is 64.6 Å². The number of thiazole rings is 1. The van der Waals surface area contributed by atoms with Crippen LogP contribution >= 0.6 is 11.3 Å². The SMILES string of the molecule is Cc1nc(COc2cccc(C(=O)OCc3coc(-c4ccc(F)cc4)n3)c2)cs1. The first kappa shape index (κ1) is 19.8. The van der Waals surface area contributed by atoms with Crippen molar-refractivity contribution in [2.45, 2.75) is 20.1 Å². The number of rotatable bonds is 7. The third-order valence-corrected chi connectivity index (χ3v) is 4.94. The molecule has 0 bridgehead atoms. The smallest absolute Gasteiger partial charge is 0.338 e. The Morgan fingerprint density at radius 2 is 1.93 bits per heavy atom. The normalized spacial score (nSPS) is 10.7. The van der Waals surface area contributed by atoms with Crippen LogP contribution in [0.1, 0.15) is 26.8 Å². The van der Waals surface area contributed by atoms with Crippen LogP contribution in [0.25, 0.3) is 11.5 Å². The Balaban J connectivity index is 1.34. The molecule has 30 heavy (non-hydrogen) atoms. The maximum atomic E-state index is 13.0. The van der Waals surface area contributed by atoms with Crippen molar-refractivity contribution in [3.8, 4) is 17.2 Å². The Labute approximate surface area is 175 Å². The van der Waals surface area contributed by atoms with Gasteiger partial charge in [-0.2, -0.15) is 0 Å². The van der Waals surface area contributed by atoms with E-state index in [1.165, 1.54) is 18.4 Å². The molecule has 2 aromatic carbocycles. The molecule has 0 saturated heterocycles. The maximum Gasteiger partial charge on any atom is 0.338 e. The van der Waals surface area contributed by atoms with Crippen LogP contribution in [-0.4, -0.2) is 15.9 Å². The number of halogens is 1. The minimum atomic E-state index is -0.503. The third-order valence-electron chi connectivity index (χ3n) is 4.12. The van der Waals surface area contributed by atoms with E-state index in [2.05, 4.69) is 9.97 Å². The first-order valence-corrected chi connectivity index (χ1v) is 9.96. The minimum absolute atomic E-state index is 0.0489. The van der Waals surface area contributed by atoms with Crippen molar-refractivity contribution in [3.63, 3.8) is 0 Å². The molecule has 0 aliphatic rings. The van der Waals surface area contributed by atoms with Gasteiger partial charge >= 0.3 is 5.97 Å². The molecule has 2 aromatic heterocycles. The van der Waals surface area contributed by atoms with Gasteiger partial charge in [-0.1, -0.05) is 6.07 Å². The number of nitrogens with zero attached hydrogens (tertiary/aromatic N) is 2. The highest BCUT2D eigenvalue weighted by Crippen LogP contribution is 2.20. The van der Waals surface area contributed by atoms with E-state index in [9.17, 15) is 9.18 Å². The van der Waals surface area contributed by atoms with Gasteiger partial charge in [0.15, 0.2) is 0 Å². The fraction of sp³-hybridized carbons (Fsp3) is 0.136. The van der Waals surface area contributed by atoms with Gasteiger partial charge < -0.3 is 13.9 Å². The first-order chi connectivity index (χ1) is 14.6. The zero-order valence-corrected chi connectivity index (χ0v) is 16.8. The molecule has 0 unspecified atom stereocenters. The summed E-state index contributed by atoms with van der Waals surface area (Å²) in [6, 6.07) is 12.5. The molecule has 0 spiro atoms. The molecule has 0 amide bonds. The van der Waals surface area contributed by atoms with E-state index in [1.54, 1.807) is 47.7 Å². The van der Waals surface area contributed by atoms with E-state index in [4.69, 9.17) is 13.9 Å². The van der Waals surface area contributed by atoms with Gasteiger partial charge in [-0.25, -0.2) is 19.2 Å². The molecule has 2 heterocycles. The number of carbonyl (C=O) groups is 1. The summed E-state index contributed by atoms with van der Waals surface area (Å²) < 4.78 is 29.4. The molecule has 0 aliphatic heterocycles. The van der Waals surface area contributed by atoms with Crippen molar-refractivity contribution in [3.05, 3.63) is 88.0 Å². The second-order valence-corrected chi connectivity index (χ2v) is 7.46.